The molecule has 0 aromatic heterocycles. The van der Waals surface area contributed by atoms with Gasteiger partial charge in [-0.15, -0.1) is 6.58 Å². The lowest BCUT2D eigenvalue weighted by molar-refractivity contribution is -0.137. The van der Waals surface area contributed by atoms with Crippen LogP contribution < -0.4 is 0 Å². The van der Waals surface area contributed by atoms with Crippen LogP contribution in [-0.2, 0) is 9.53 Å². The molecule has 0 aromatic carbocycles. The lowest BCUT2D eigenvalue weighted by atomic mass is 10.0. The van der Waals surface area contributed by atoms with Gasteiger partial charge in [0.05, 0.1) is 6.61 Å². The number of carbonyl (C=O) groups is 1. The van der Waals surface area contributed by atoms with Crippen molar-refractivity contribution in [3.05, 3.63) is 24.8 Å². The first-order valence-electron chi connectivity index (χ1n) is 4.70. The number of carbonyl (C=O) groups excluding carboxylic acids is 1. The van der Waals surface area contributed by atoms with E-state index in [4.69, 9.17) is 4.74 Å². The molecule has 0 aromatic rings. The molecule has 0 bridgehead atoms. The number of rotatable bonds is 6. The fraction of sp³-hybridized carbons (Fsp3) is 0.545. The van der Waals surface area contributed by atoms with Crippen LogP contribution in [0.1, 0.15) is 26.7 Å². The van der Waals surface area contributed by atoms with Crippen molar-refractivity contribution in [2.75, 3.05) is 6.61 Å². The highest BCUT2D eigenvalue weighted by atomic mass is 16.5. The van der Waals surface area contributed by atoms with E-state index < -0.39 is 0 Å². The van der Waals surface area contributed by atoms with Gasteiger partial charge in [0.1, 0.15) is 0 Å². The van der Waals surface area contributed by atoms with Gasteiger partial charge in [0.15, 0.2) is 0 Å². The van der Waals surface area contributed by atoms with Crippen molar-refractivity contribution < 1.29 is 9.53 Å². The van der Waals surface area contributed by atoms with Crippen molar-refractivity contribution in [1.29, 1.82) is 0 Å². The van der Waals surface area contributed by atoms with Crippen LogP contribution in [0.3, 0.4) is 0 Å². The standard InChI is InChI=1S/C11H18O2/c1-4-10(5-2)8-7-9-11(12)13-6-3/h4,7,9-10H,1,5-6,8H2,2-3H3. The van der Waals surface area contributed by atoms with Crippen molar-refractivity contribution in [2.45, 2.75) is 26.7 Å². The van der Waals surface area contributed by atoms with Crippen LogP contribution in [-0.4, -0.2) is 12.6 Å². The van der Waals surface area contributed by atoms with E-state index >= 15 is 0 Å². The molecule has 0 N–H and O–H groups in total. The van der Waals surface area contributed by atoms with Crippen LogP contribution in [0.5, 0.6) is 0 Å². The molecule has 2 heteroatoms. The van der Waals surface area contributed by atoms with Crippen LogP contribution in [0, 0.1) is 5.92 Å². The highest BCUT2D eigenvalue weighted by Gasteiger charge is 1.98. The van der Waals surface area contributed by atoms with E-state index in [1.165, 1.54) is 6.08 Å². The predicted octanol–water partition coefficient (Wildman–Crippen LogP) is 2.71. The van der Waals surface area contributed by atoms with E-state index in [1.807, 2.05) is 12.2 Å². The zero-order chi connectivity index (χ0) is 10.1. The smallest absolute Gasteiger partial charge is 0.330 e. The van der Waals surface area contributed by atoms with Crippen LogP contribution in [0.25, 0.3) is 0 Å². The highest BCUT2D eigenvalue weighted by molar-refractivity contribution is 5.81. The first-order chi connectivity index (χ1) is 6.24. The van der Waals surface area contributed by atoms with Crippen molar-refractivity contribution in [2.24, 2.45) is 5.92 Å². The Kier molecular flexibility index (Phi) is 6.98. The summed E-state index contributed by atoms with van der Waals surface area (Å²) in [7, 11) is 0. The van der Waals surface area contributed by atoms with Gasteiger partial charge in [0.25, 0.3) is 0 Å². The summed E-state index contributed by atoms with van der Waals surface area (Å²) >= 11 is 0. The van der Waals surface area contributed by atoms with Gasteiger partial charge in [-0.05, 0) is 25.7 Å². The summed E-state index contributed by atoms with van der Waals surface area (Å²) in [4.78, 5) is 10.9. The van der Waals surface area contributed by atoms with Gasteiger partial charge >= 0.3 is 5.97 Å². The Morgan fingerprint density at radius 2 is 2.23 bits per heavy atom. The summed E-state index contributed by atoms with van der Waals surface area (Å²) in [6.07, 6.45) is 7.15. The Morgan fingerprint density at radius 3 is 2.69 bits per heavy atom. The quantitative estimate of drug-likeness (QED) is 0.358. The second-order valence-corrected chi connectivity index (χ2v) is 2.79. The fourth-order valence-electron chi connectivity index (χ4n) is 0.959. The fourth-order valence-corrected chi connectivity index (χ4v) is 0.959. The van der Waals surface area contributed by atoms with E-state index in [1.54, 1.807) is 6.92 Å². The summed E-state index contributed by atoms with van der Waals surface area (Å²) in [5.41, 5.74) is 0. The highest BCUT2D eigenvalue weighted by Crippen LogP contribution is 2.09. The van der Waals surface area contributed by atoms with Crippen LogP contribution in [0.2, 0.25) is 0 Å². The number of esters is 1. The van der Waals surface area contributed by atoms with E-state index in [-0.39, 0.29) is 5.97 Å². The summed E-state index contributed by atoms with van der Waals surface area (Å²) in [6, 6.07) is 0. The van der Waals surface area contributed by atoms with E-state index in [9.17, 15) is 4.79 Å². The van der Waals surface area contributed by atoms with E-state index in [0.717, 1.165) is 12.8 Å². The molecule has 0 aliphatic rings. The largest absolute Gasteiger partial charge is 0.463 e. The third kappa shape index (κ3) is 6.14. The molecule has 0 fully saturated rings. The first kappa shape index (κ1) is 11.9. The second-order valence-electron chi connectivity index (χ2n) is 2.79. The second kappa shape index (κ2) is 7.59. The minimum absolute atomic E-state index is 0.263. The first-order valence-corrected chi connectivity index (χ1v) is 4.70. The number of hydrogen-bond donors (Lipinski definition) is 0. The van der Waals surface area contributed by atoms with Crippen molar-refractivity contribution in [1.82, 2.24) is 0 Å². The average Bonchev–Trinajstić information content (AvgIpc) is 2.13. The molecule has 0 spiro atoms. The van der Waals surface area contributed by atoms with Gasteiger partial charge in [-0.3, -0.25) is 0 Å². The zero-order valence-electron chi connectivity index (χ0n) is 8.45. The molecule has 0 rings (SSSR count). The lowest BCUT2D eigenvalue weighted by Gasteiger charge is -2.03. The number of hydrogen-bond acceptors (Lipinski definition) is 2. The maximum Gasteiger partial charge on any atom is 0.330 e. The lowest BCUT2D eigenvalue weighted by Crippen LogP contribution is -1.99. The summed E-state index contributed by atoms with van der Waals surface area (Å²) in [6.45, 7) is 8.05. The molecular weight excluding hydrogens is 164 g/mol. The summed E-state index contributed by atoms with van der Waals surface area (Å²) in [5, 5.41) is 0. The van der Waals surface area contributed by atoms with Gasteiger partial charge in [0, 0.05) is 6.08 Å². The molecule has 0 heterocycles. The normalized spacial score (nSPS) is 12.8. The Morgan fingerprint density at radius 1 is 1.54 bits per heavy atom. The van der Waals surface area contributed by atoms with E-state index in [0.29, 0.717) is 12.5 Å². The van der Waals surface area contributed by atoms with Gasteiger partial charge in [0.2, 0.25) is 0 Å². The molecule has 0 radical (unpaired) electrons. The van der Waals surface area contributed by atoms with E-state index in [2.05, 4.69) is 13.5 Å². The average molecular weight is 182 g/mol. The monoisotopic (exact) mass is 182 g/mol. The van der Waals surface area contributed by atoms with Crippen molar-refractivity contribution in [3.63, 3.8) is 0 Å². The Labute approximate surface area is 80.3 Å². The van der Waals surface area contributed by atoms with Gasteiger partial charge < -0.3 is 4.74 Å². The van der Waals surface area contributed by atoms with Gasteiger partial charge in [-0.1, -0.05) is 19.1 Å². The third-order valence-electron chi connectivity index (χ3n) is 1.84. The minimum Gasteiger partial charge on any atom is -0.463 e. The Hall–Kier alpha value is -1.05. The number of allylic oxidation sites excluding steroid dienone is 2. The Bertz CT molecular complexity index is 183. The number of ether oxygens (including phenoxy) is 1. The molecule has 0 saturated heterocycles. The maximum absolute atomic E-state index is 10.9. The third-order valence-corrected chi connectivity index (χ3v) is 1.84. The molecule has 1 unspecified atom stereocenters. The predicted molar refractivity (Wildman–Crippen MR) is 54.4 cm³/mol. The zero-order valence-corrected chi connectivity index (χ0v) is 8.45. The summed E-state index contributed by atoms with van der Waals surface area (Å²) < 4.78 is 4.74. The van der Waals surface area contributed by atoms with Crippen LogP contribution >= 0.6 is 0 Å². The molecule has 1 atom stereocenters. The molecule has 2 nitrogen and oxygen atoms in total. The van der Waals surface area contributed by atoms with Gasteiger partial charge in [-0.2, -0.15) is 0 Å². The molecular formula is C11H18O2. The van der Waals surface area contributed by atoms with Crippen LogP contribution in [0.15, 0.2) is 24.8 Å². The molecule has 0 aliphatic heterocycles. The topological polar surface area (TPSA) is 26.3 Å². The molecule has 0 saturated carbocycles. The Balaban J connectivity index is 3.72. The SMILES string of the molecule is C=CC(CC)CC=CC(=O)OCC. The molecule has 74 valence electrons. The van der Waals surface area contributed by atoms with Crippen molar-refractivity contribution >= 4 is 5.97 Å². The molecule has 0 amide bonds. The van der Waals surface area contributed by atoms with Crippen molar-refractivity contribution in [3.8, 4) is 0 Å². The van der Waals surface area contributed by atoms with Gasteiger partial charge in [-0.25, -0.2) is 4.79 Å². The maximum atomic E-state index is 10.9. The summed E-state index contributed by atoms with van der Waals surface area (Å²) in [5.74, 6) is 0.201. The minimum atomic E-state index is -0.263. The van der Waals surface area contributed by atoms with Crippen LogP contribution in [0.4, 0.5) is 0 Å². The molecule has 0 aliphatic carbocycles. The molecule has 13 heavy (non-hydrogen) atoms.